The zero-order valence-electron chi connectivity index (χ0n) is 25.4. The summed E-state index contributed by atoms with van der Waals surface area (Å²) in [6, 6.07) is 46.7. The molecule has 0 bridgehead atoms. The molecular formula is C44H30BN. The quantitative estimate of drug-likeness (QED) is 0.107. The summed E-state index contributed by atoms with van der Waals surface area (Å²) in [7, 11) is 0. The Kier molecular flexibility index (Phi) is 6.36. The molecule has 0 saturated heterocycles. The zero-order chi connectivity index (χ0) is 30.5. The van der Waals surface area contributed by atoms with Crippen LogP contribution >= 0.6 is 0 Å². The zero-order valence-corrected chi connectivity index (χ0v) is 25.4. The van der Waals surface area contributed by atoms with Crippen LogP contribution in [0.15, 0.2) is 169 Å². The number of benzene rings is 7. The molecule has 2 aliphatic carbocycles. The lowest BCUT2D eigenvalue weighted by Gasteiger charge is -2.30. The first-order valence-corrected chi connectivity index (χ1v) is 16.1. The average Bonchev–Trinajstić information content (AvgIpc) is 3.13. The van der Waals surface area contributed by atoms with E-state index >= 15 is 0 Å². The van der Waals surface area contributed by atoms with Crippen LogP contribution in [0.4, 0.5) is 11.4 Å². The molecule has 46 heavy (non-hydrogen) atoms. The van der Waals surface area contributed by atoms with E-state index in [2.05, 4.69) is 168 Å². The molecule has 7 aromatic carbocycles. The minimum Gasteiger partial charge on any atom is -0.303 e. The third kappa shape index (κ3) is 4.21. The Morgan fingerprint density at radius 2 is 1.30 bits per heavy atom. The van der Waals surface area contributed by atoms with Crippen molar-refractivity contribution >= 4 is 72.9 Å². The van der Waals surface area contributed by atoms with Crippen LogP contribution in [0, 0.1) is 0 Å². The summed E-state index contributed by atoms with van der Waals surface area (Å²) in [6.45, 7) is 0.119. The molecule has 2 heteroatoms. The Morgan fingerprint density at radius 3 is 2.02 bits per heavy atom. The normalized spacial score (nSPS) is 13.4. The van der Waals surface area contributed by atoms with Gasteiger partial charge in [-0.15, -0.1) is 0 Å². The van der Waals surface area contributed by atoms with E-state index in [1.165, 1.54) is 65.5 Å². The second kappa shape index (κ2) is 11.0. The average molecular weight is 584 g/mol. The van der Waals surface area contributed by atoms with Gasteiger partial charge >= 0.3 is 0 Å². The minimum atomic E-state index is 0.119. The molecule has 2 aliphatic rings. The molecule has 0 heterocycles. The molecule has 214 valence electrons. The molecule has 0 aliphatic heterocycles. The number of aryl methyl sites for hydroxylation is 1. The van der Waals surface area contributed by atoms with E-state index in [1.807, 2.05) is 6.08 Å². The van der Waals surface area contributed by atoms with Crippen molar-refractivity contribution in [3.63, 3.8) is 0 Å². The number of para-hydroxylation sites is 1. The standard InChI is InChI=1S/C44H30BN/c1-5-15-32(16-6-1)45(33-17-7-2-8-18-33)40-29-28-38-36-23-13-14-24-37(36)44-41(30-26-31-25-27-39(40)43(38)42(31)44)46(34-19-9-3-10-20-34)35-21-11-4-12-22-35/h1-11,13,15-21,23,25-30H,14,24H2. The van der Waals surface area contributed by atoms with Crippen LogP contribution in [-0.4, -0.2) is 6.71 Å². The highest BCUT2D eigenvalue weighted by atomic mass is 15.1. The lowest BCUT2D eigenvalue weighted by molar-refractivity contribution is 1.000. The molecule has 1 nitrogen and oxygen atoms in total. The van der Waals surface area contributed by atoms with Crippen molar-refractivity contribution in [1.29, 1.82) is 0 Å². The van der Waals surface area contributed by atoms with E-state index in [0.717, 1.165) is 24.2 Å². The van der Waals surface area contributed by atoms with Gasteiger partial charge in [0.05, 0.1) is 11.4 Å². The Morgan fingerprint density at radius 1 is 0.609 bits per heavy atom. The van der Waals surface area contributed by atoms with E-state index in [0.29, 0.717) is 0 Å². The van der Waals surface area contributed by atoms with Crippen molar-refractivity contribution < 1.29 is 0 Å². The van der Waals surface area contributed by atoms with E-state index in [9.17, 15) is 0 Å². The van der Waals surface area contributed by atoms with Crippen molar-refractivity contribution in [3.8, 4) is 0 Å². The molecule has 0 spiro atoms. The van der Waals surface area contributed by atoms with E-state index in [-0.39, 0.29) is 6.71 Å². The fourth-order valence-corrected chi connectivity index (χ4v) is 7.72. The summed E-state index contributed by atoms with van der Waals surface area (Å²) < 4.78 is 0. The maximum absolute atomic E-state index is 3.42. The van der Waals surface area contributed by atoms with Crippen molar-refractivity contribution in [2.24, 2.45) is 0 Å². The summed E-state index contributed by atoms with van der Waals surface area (Å²) in [5, 5.41) is 7.97. The van der Waals surface area contributed by atoms with Gasteiger partial charge in [0.15, 0.2) is 0 Å². The molecule has 0 fully saturated rings. The van der Waals surface area contributed by atoms with Gasteiger partial charge in [0.25, 0.3) is 0 Å². The van der Waals surface area contributed by atoms with Gasteiger partial charge in [-0.2, -0.15) is 0 Å². The third-order valence-corrected chi connectivity index (χ3v) is 9.64. The molecule has 0 saturated carbocycles. The lowest BCUT2D eigenvalue weighted by atomic mass is 9.36. The first kappa shape index (κ1) is 26.6. The molecule has 0 radical (unpaired) electrons. The van der Waals surface area contributed by atoms with Crippen LogP contribution < -0.4 is 21.3 Å². The highest BCUT2D eigenvalue weighted by Crippen LogP contribution is 2.47. The molecule has 0 atom stereocenters. The van der Waals surface area contributed by atoms with Gasteiger partial charge in [0.2, 0.25) is 6.71 Å². The van der Waals surface area contributed by atoms with Gasteiger partial charge in [-0.05, 0) is 87.0 Å². The van der Waals surface area contributed by atoms with Crippen LogP contribution in [0.25, 0.3) is 38.4 Å². The monoisotopic (exact) mass is 583 g/mol. The lowest BCUT2D eigenvalue weighted by Crippen LogP contribution is -2.52. The highest BCUT2D eigenvalue weighted by molar-refractivity contribution is 6.97. The van der Waals surface area contributed by atoms with Gasteiger partial charge in [0, 0.05) is 11.1 Å². The number of hydrogen-bond donors (Lipinski definition) is 0. The molecule has 0 N–H and O–H groups in total. The van der Waals surface area contributed by atoms with Crippen molar-refractivity contribution in [1.82, 2.24) is 0 Å². The molecule has 0 aromatic heterocycles. The van der Waals surface area contributed by atoms with Crippen molar-refractivity contribution in [3.05, 3.63) is 180 Å². The first-order valence-electron chi connectivity index (χ1n) is 16.1. The SMILES string of the molecule is C1=C=C(N(c2ccccc2)c2ccc3ccc4c(B(c5ccccc5)c5ccccc5)ccc5c6c(c2c3c45)CCC=C6)C=CC=1. The number of anilines is 2. The number of allylic oxidation sites excluding steroid dienone is 4. The van der Waals surface area contributed by atoms with Crippen LogP contribution in [-0.2, 0) is 6.42 Å². The summed E-state index contributed by atoms with van der Waals surface area (Å²) >= 11 is 0. The number of hydrogen-bond acceptors (Lipinski definition) is 1. The fraction of sp³-hybridized carbons (Fsp3) is 0.0455. The largest absolute Gasteiger partial charge is 0.303 e. The van der Waals surface area contributed by atoms with Gasteiger partial charge in [-0.3, -0.25) is 0 Å². The van der Waals surface area contributed by atoms with Gasteiger partial charge < -0.3 is 4.90 Å². The Balaban J connectivity index is 1.41. The third-order valence-electron chi connectivity index (χ3n) is 9.64. The molecular weight excluding hydrogens is 553 g/mol. The number of nitrogens with zero attached hydrogens (tertiary/aromatic N) is 1. The summed E-state index contributed by atoms with van der Waals surface area (Å²) in [4.78, 5) is 2.36. The first-order chi connectivity index (χ1) is 22.9. The highest BCUT2D eigenvalue weighted by Gasteiger charge is 2.28. The number of rotatable bonds is 6. The Labute approximate surface area is 269 Å². The van der Waals surface area contributed by atoms with Gasteiger partial charge in [-0.1, -0.05) is 150 Å². The summed E-state index contributed by atoms with van der Waals surface area (Å²) in [5.74, 6) is 0. The fourth-order valence-electron chi connectivity index (χ4n) is 7.72. The molecule has 0 amide bonds. The Bertz CT molecular complexity index is 2380. The second-order valence-electron chi connectivity index (χ2n) is 12.2. The van der Waals surface area contributed by atoms with Crippen molar-refractivity contribution in [2.75, 3.05) is 4.90 Å². The molecule has 9 rings (SSSR count). The van der Waals surface area contributed by atoms with Gasteiger partial charge in [-0.25, -0.2) is 0 Å². The van der Waals surface area contributed by atoms with Crippen LogP contribution in [0.3, 0.4) is 0 Å². The summed E-state index contributed by atoms with van der Waals surface area (Å²) in [5.41, 5.74) is 16.6. The molecule has 7 aromatic rings. The van der Waals surface area contributed by atoms with Gasteiger partial charge in [0.1, 0.15) is 0 Å². The van der Waals surface area contributed by atoms with E-state index < -0.39 is 0 Å². The summed E-state index contributed by atoms with van der Waals surface area (Å²) in [6.07, 6.45) is 12.9. The van der Waals surface area contributed by atoms with E-state index in [1.54, 1.807) is 0 Å². The smallest absolute Gasteiger partial charge is 0.241 e. The maximum Gasteiger partial charge on any atom is 0.241 e. The topological polar surface area (TPSA) is 3.24 Å². The Hall–Kier alpha value is -5.78. The maximum atomic E-state index is 3.42. The van der Waals surface area contributed by atoms with Crippen LogP contribution in [0.1, 0.15) is 17.5 Å². The van der Waals surface area contributed by atoms with E-state index in [4.69, 9.17) is 0 Å². The molecule has 0 unspecified atom stereocenters. The predicted molar refractivity (Wildman–Crippen MR) is 198 cm³/mol. The minimum absolute atomic E-state index is 0.119. The number of fused-ring (bicyclic) bond motifs is 3. The van der Waals surface area contributed by atoms with Crippen LogP contribution in [0.5, 0.6) is 0 Å². The predicted octanol–water partition coefficient (Wildman–Crippen LogP) is 8.96. The second-order valence-corrected chi connectivity index (χ2v) is 12.2. The van der Waals surface area contributed by atoms with Crippen molar-refractivity contribution in [2.45, 2.75) is 12.8 Å². The van der Waals surface area contributed by atoms with Crippen LogP contribution in [0.2, 0.25) is 0 Å².